The van der Waals surface area contributed by atoms with Gasteiger partial charge in [0.15, 0.2) is 5.82 Å². The van der Waals surface area contributed by atoms with E-state index >= 15 is 4.39 Å². The fourth-order valence-corrected chi connectivity index (χ4v) is 5.43. The van der Waals surface area contributed by atoms with E-state index in [4.69, 9.17) is 4.74 Å². The highest BCUT2D eigenvalue weighted by Gasteiger charge is 2.31. The van der Waals surface area contributed by atoms with Crippen molar-refractivity contribution in [2.45, 2.75) is 65.8 Å². The van der Waals surface area contributed by atoms with E-state index in [1.807, 2.05) is 44.2 Å². The van der Waals surface area contributed by atoms with Gasteiger partial charge in [-0.1, -0.05) is 43.3 Å². The maximum absolute atomic E-state index is 15.9. The van der Waals surface area contributed by atoms with E-state index in [1.165, 1.54) is 0 Å². The first-order valence-corrected chi connectivity index (χ1v) is 13.5. The number of aliphatic carboxylic acids is 1. The Morgan fingerprint density at radius 2 is 2.05 bits per heavy atom. The Kier molecular flexibility index (Phi) is 7.61. The molecule has 9 heteroatoms. The van der Waals surface area contributed by atoms with Crippen LogP contribution in [-0.2, 0) is 24.4 Å². The molecule has 0 amide bonds. The predicted octanol–water partition coefficient (Wildman–Crippen LogP) is 5.32. The largest absolute Gasteiger partial charge is 0.487 e. The summed E-state index contributed by atoms with van der Waals surface area (Å²) in [5.74, 6) is -2.25. The van der Waals surface area contributed by atoms with Gasteiger partial charge in [0.25, 0.3) is 0 Å². The molecule has 204 valence electrons. The summed E-state index contributed by atoms with van der Waals surface area (Å²) in [6.07, 6.45) is 2.68. The number of carbonyl (C=O) groups is 1. The second-order valence-corrected chi connectivity index (χ2v) is 10.3. The molecule has 4 aromatic rings. The van der Waals surface area contributed by atoms with Crippen LogP contribution in [0.5, 0.6) is 5.75 Å². The lowest BCUT2D eigenvalue weighted by atomic mass is 9.80. The minimum absolute atomic E-state index is 0.0380. The highest BCUT2D eigenvalue weighted by molar-refractivity contribution is 5.78. The van der Waals surface area contributed by atoms with Crippen molar-refractivity contribution in [2.24, 2.45) is 5.92 Å². The lowest BCUT2D eigenvalue weighted by molar-refractivity contribution is -0.141. The van der Waals surface area contributed by atoms with Crippen LogP contribution in [0.1, 0.15) is 61.1 Å². The Hall–Kier alpha value is -3.85. The lowest BCUT2D eigenvalue weighted by Crippen LogP contribution is -2.32. The van der Waals surface area contributed by atoms with Gasteiger partial charge in [-0.05, 0) is 60.7 Å². The monoisotopic (exact) mass is 531 g/mol. The Morgan fingerprint density at radius 1 is 1.23 bits per heavy atom. The number of pyridine rings is 1. The summed E-state index contributed by atoms with van der Waals surface area (Å²) in [6.45, 7) is 10.3. The van der Waals surface area contributed by atoms with E-state index in [-0.39, 0.29) is 11.6 Å². The van der Waals surface area contributed by atoms with Crippen LogP contribution in [-0.4, -0.2) is 48.6 Å². The first-order chi connectivity index (χ1) is 18.8. The van der Waals surface area contributed by atoms with Gasteiger partial charge < -0.3 is 9.84 Å². The van der Waals surface area contributed by atoms with Gasteiger partial charge >= 0.3 is 5.97 Å². The zero-order valence-corrected chi connectivity index (χ0v) is 22.8. The number of aryl methyl sites for hydroxylation is 2. The second kappa shape index (κ2) is 11.1. The summed E-state index contributed by atoms with van der Waals surface area (Å²) in [5, 5.41) is 18.1. The molecule has 1 aliphatic rings. The number of aromatic nitrogens is 4. The second-order valence-electron chi connectivity index (χ2n) is 10.3. The molecule has 0 aliphatic carbocycles. The average molecular weight is 532 g/mol. The first-order valence-electron chi connectivity index (χ1n) is 13.5. The van der Waals surface area contributed by atoms with Crippen LogP contribution in [0.3, 0.4) is 0 Å². The molecule has 0 saturated heterocycles. The Balaban J connectivity index is 1.53. The van der Waals surface area contributed by atoms with Crippen LogP contribution >= 0.6 is 0 Å². The van der Waals surface area contributed by atoms with E-state index in [0.717, 1.165) is 41.1 Å². The third-order valence-corrected chi connectivity index (χ3v) is 7.74. The van der Waals surface area contributed by atoms with Crippen molar-refractivity contribution in [3.05, 3.63) is 82.4 Å². The van der Waals surface area contributed by atoms with E-state index in [1.54, 1.807) is 29.9 Å². The molecule has 0 bridgehead atoms. The Labute approximate surface area is 227 Å². The molecular weight excluding hydrogens is 497 g/mol. The van der Waals surface area contributed by atoms with Crippen molar-refractivity contribution in [2.75, 3.05) is 6.54 Å². The van der Waals surface area contributed by atoms with Crippen molar-refractivity contribution < 1.29 is 19.0 Å². The Morgan fingerprint density at radius 3 is 2.79 bits per heavy atom. The van der Waals surface area contributed by atoms with Gasteiger partial charge in [0.05, 0.1) is 17.1 Å². The van der Waals surface area contributed by atoms with Crippen molar-refractivity contribution in [1.82, 2.24) is 24.9 Å². The third kappa shape index (κ3) is 5.23. The minimum Gasteiger partial charge on any atom is -0.487 e. The molecule has 3 heterocycles. The minimum atomic E-state index is -0.989. The molecule has 3 atom stereocenters. The van der Waals surface area contributed by atoms with Crippen LogP contribution in [0.4, 0.5) is 4.39 Å². The number of fused-ring (bicyclic) bond motifs is 2. The highest BCUT2D eigenvalue weighted by Crippen LogP contribution is 2.37. The van der Waals surface area contributed by atoms with E-state index < -0.39 is 23.6 Å². The summed E-state index contributed by atoms with van der Waals surface area (Å²) >= 11 is 0. The highest BCUT2D eigenvalue weighted by atomic mass is 19.1. The topological polar surface area (TPSA) is 93.4 Å². The maximum Gasteiger partial charge on any atom is 0.307 e. The normalized spacial score (nSPS) is 17.3. The molecule has 39 heavy (non-hydrogen) atoms. The molecule has 2 aromatic heterocycles. The molecule has 1 aliphatic heterocycles. The van der Waals surface area contributed by atoms with Gasteiger partial charge in [-0.2, -0.15) is 0 Å². The van der Waals surface area contributed by atoms with Gasteiger partial charge in [0.2, 0.25) is 0 Å². The van der Waals surface area contributed by atoms with Gasteiger partial charge in [-0.3, -0.25) is 14.7 Å². The predicted molar refractivity (Wildman–Crippen MR) is 146 cm³/mol. The number of carboxylic acids is 1. The number of halogens is 1. The number of carboxylic acid groups (broad SMARTS) is 1. The van der Waals surface area contributed by atoms with Crippen molar-refractivity contribution in [3.63, 3.8) is 0 Å². The molecule has 8 nitrogen and oxygen atoms in total. The standard InChI is InChI=1S/C30H34FN5O3/c1-5-22-16-35(17-24-26(39-22)8-7-13-32-24)15-21-14-20(10-9-18(21)3)27(19(4)30(37)38)23-11-12-25-29(28(23)31)33-34-36(25)6-2/h7-14,19,22,27H,5-6,15-17H2,1-4H3,(H,37,38)/t19-,22-,27+/m1/s1. The number of rotatable bonds is 8. The molecular formula is C30H34FN5O3. The number of hydrogen-bond donors (Lipinski definition) is 1. The fourth-order valence-electron chi connectivity index (χ4n) is 5.43. The van der Waals surface area contributed by atoms with E-state index in [2.05, 4.69) is 27.1 Å². The van der Waals surface area contributed by atoms with Crippen LogP contribution in [0.15, 0.2) is 48.7 Å². The average Bonchev–Trinajstić information content (AvgIpc) is 3.27. The molecule has 0 unspecified atom stereocenters. The molecule has 0 radical (unpaired) electrons. The van der Waals surface area contributed by atoms with E-state index in [9.17, 15) is 9.90 Å². The zero-order valence-electron chi connectivity index (χ0n) is 22.8. The third-order valence-electron chi connectivity index (χ3n) is 7.74. The Bertz CT molecular complexity index is 1500. The summed E-state index contributed by atoms with van der Waals surface area (Å²) < 4.78 is 23.7. The number of nitrogens with zero attached hydrogens (tertiary/aromatic N) is 5. The first kappa shape index (κ1) is 26.7. The van der Waals surface area contributed by atoms with Gasteiger partial charge in [-0.15, -0.1) is 5.10 Å². The number of hydrogen-bond acceptors (Lipinski definition) is 6. The van der Waals surface area contributed by atoms with Crippen LogP contribution in [0.2, 0.25) is 0 Å². The maximum atomic E-state index is 15.9. The SMILES string of the molecule is CC[C@@H]1CN(Cc2cc([C@@H](c3ccc4c(nnn4CC)c3F)[C@@H](C)C(=O)O)ccc2C)Cc2ncccc2O1. The summed E-state index contributed by atoms with van der Waals surface area (Å²) in [6, 6.07) is 13.2. The lowest BCUT2D eigenvalue weighted by Gasteiger charge is -2.26. The van der Waals surface area contributed by atoms with Crippen molar-refractivity contribution in [3.8, 4) is 5.75 Å². The molecule has 0 saturated carbocycles. The smallest absolute Gasteiger partial charge is 0.307 e. The van der Waals surface area contributed by atoms with Crippen LogP contribution in [0, 0.1) is 18.7 Å². The van der Waals surface area contributed by atoms with E-state index in [0.29, 0.717) is 30.7 Å². The molecule has 0 fully saturated rings. The molecule has 5 rings (SSSR count). The summed E-state index contributed by atoms with van der Waals surface area (Å²) in [4.78, 5) is 19.1. The van der Waals surface area contributed by atoms with Gasteiger partial charge in [-0.25, -0.2) is 9.07 Å². The van der Waals surface area contributed by atoms with Gasteiger partial charge in [0.1, 0.15) is 17.4 Å². The van der Waals surface area contributed by atoms with Crippen molar-refractivity contribution in [1.29, 1.82) is 0 Å². The number of ether oxygens (including phenoxy) is 1. The zero-order chi connectivity index (χ0) is 27.7. The summed E-state index contributed by atoms with van der Waals surface area (Å²) in [5.41, 5.74) is 4.85. The number of benzene rings is 2. The quantitative estimate of drug-likeness (QED) is 0.329. The van der Waals surface area contributed by atoms with Crippen LogP contribution in [0.25, 0.3) is 11.0 Å². The molecule has 2 aromatic carbocycles. The molecule has 1 N–H and O–H groups in total. The van der Waals surface area contributed by atoms with Crippen molar-refractivity contribution >= 4 is 17.0 Å². The van der Waals surface area contributed by atoms with Crippen LogP contribution < -0.4 is 4.74 Å². The molecule has 0 spiro atoms. The van der Waals surface area contributed by atoms with Gasteiger partial charge in [0, 0.05) is 38.3 Å². The summed E-state index contributed by atoms with van der Waals surface area (Å²) in [7, 11) is 0. The fraction of sp³-hybridized carbons (Fsp3) is 0.400.